The van der Waals surface area contributed by atoms with Gasteiger partial charge in [0.05, 0.1) is 33.5 Å². The quantitative estimate of drug-likeness (QED) is 0.121. The summed E-state index contributed by atoms with van der Waals surface area (Å²) < 4.78 is 29.4. The summed E-state index contributed by atoms with van der Waals surface area (Å²) in [7, 11) is 4.67. The number of carbonyl (C=O) groups is 1. The smallest absolute Gasteiger partial charge is 0.266 e. The molecule has 0 aliphatic carbocycles. The van der Waals surface area contributed by atoms with E-state index in [1.807, 2.05) is 36.4 Å². The third-order valence-corrected chi connectivity index (χ3v) is 7.47. The van der Waals surface area contributed by atoms with E-state index >= 15 is 0 Å². The van der Waals surface area contributed by atoms with Crippen molar-refractivity contribution in [3.8, 4) is 23.0 Å². The third-order valence-electron chi connectivity index (χ3n) is 6.94. The van der Waals surface area contributed by atoms with Crippen LogP contribution in [0, 0.1) is 0 Å². The average molecular weight is 655 g/mol. The van der Waals surface area contributed by atoms with Crippen molar-refractivity contribution in [2.24, 2.45) is 4.99 Å². The molecule has 43 heavy (non-hydrogen) atoms. The minimum atomic E-state index is -1.36. The highest BCUT2D eigenvalue weighted by Gasteiger charge is 2.52. The van der Waals surface area contributed by atoms with E-state index in [2.05, 4.69) is 33.4 Å². The Balaban J connectivity index is 1.63. The van der Waals surface area contributed by atoms with Crippen molar-refractivity contribution in [2.75, 3.05) is 34.5 Å². The van der Waals surface area contributed by atoms with Gasteiger partial charge in [0, 0.05) is 48.2 Å². The van der Waals surface area contributed by atoms with Crippen molar-refractivity contribution in [3.63, 3.8) is 0 Å². The number of nitrogens with zero attached hydrogens (tertiary/aromatic N) is 1. The van der Waals surface area contributed by atoms with Crippen LogP contribution in [0.1, 0.15) is 35.6 Å². The lowest BCUT2D eigenvalue weighted by Crippen LogP contribution is -2.52. The van der Waals surface area contributed by atoms with E-state index in [9.17, 15) is 4.79 Å². The molecule has 3 N–H and O–H groups in total. The first kappa shape index (κ1) is 31.9. The molecule has 1 amide bonds. The van der Waals surface area contributed by atoms with Crippen molar-refractivity contribution in [2.45, 2.75) is 31.0 Å². The van der Waals surface area contributed by atoms with Crippen LogP contribution in [0.5, 0.6) is 23.0 Å². The van der Waals surface area contributed by atoms with Gasteiger partial charge in [-0.25, -0.2) is 10.4 Å². The lowest BCUT2D eigenvalue weighted by Gasteiger charge is -2.29. The maximum absolute atomic E-state index is 14.0. The Kier molecular flexibility index (Phi) is 11.0. The van der Waals surface area contributed by atoms with Crippen molar-refractivity contribution < 1.29 is 33.6 Å². The second kappa shape index (κ2) is 14.9. The summed E-state index contributed by atoms with van der Waals surface area (Å²) in [6, 6.07) is 18.3. The van der Waals surface area contributed by atoms with Gasteiger partial charge in [-0.15, -0.1) is 6.58 Å². The fourth-order valence-corrected chi connectivity index (χ4v) is 5.01. The number of halogens is 1. The highest BCUT2D eigenvalue weighted by atomic mass is 79.9. The molecule has 1 aliphatic rings. The first-order valence-corrected chi connectivity index (χ1v) is 14.5. The fraction of sp³-hybridized carbons (Fsp3) is 0.312. The van der Waals surface area contributed by atoms with Gasteiger partial charge in [0.25, 0.3) is 5.91 Å². The lowest BCUT2D eigenvalue weighted by molar-refractivity contribution is -0.129. The molecule has 2 atom stereocenters. The van der Waals surface area contributed by atoms with Crippen molar-refractivity contribution >= 4 is 27.7 Å². The predicted molar refractivity (Wildman–Crippen MR) is 167 cm³/mol. The van der Waals surface area contributed by atoms with Gasteiger partial charge in [-0.05, 0) is 42.0 Å². The molecule has 4 rings (SSSR count). The average Bonchev–Trinajstić information content (AvgIpc) is 3.42. The molecule has 11 heteroatoms. The van der Waals surface area contributed by atoms with Crippen LogP contribution in [-0.4, -0.2) is 57.0 Å². The summed E-state index contributed by atoms with van der Waals surface area (Å²) in [6.07, 6.45) is 1.68. The molecule has 0 bridgehead atoms. The van der Waals surface area contributed by atoms with Crippen LogP contribution in [0.2, 0.25) is 0 Å². The summed E-state index contributed by atoms with van der Waals surface area (Å²) >= 11 is 3.48. The molecular formula is C32H36BrN3O7. The molecule has 0 saturated carbocycles. The monoisotopic (exact) mass is 653 g/mol. The van der Waals surface area contributed by atoms with Gasteiger partial charge in [-0.1, -0.05) is 34.1 Å². The van der Waals surface area contributed by atoms with Crippen LogP contribution in [0.3, 0.4) is 0 Å². The number of hydrogen-bond donors (Lipinski definition) is 3. The number of ether oxygens (including phenoxy) is 5. The zero-order valence-electron chi connectivity index (χ0n) is 24.4. The maximum Gasteiger partial charge on any atom is 0.266 e. The Morgan fingerprint density at radius 1 is 1.05 bits per heavy atom. The normalized spacial score (nSPS) is 17.4. The molecule has 0 spiro atoms. The van der Waals surface area contributed by atoms with Gasteiger partial charge < -0.3 is 28.8 Å². The second-order valence-electron chi connectivity index (χ2n) is 9.65. The zero-order chi connectivity index (χ0) is 30.8. The lowest BCUT2D eigenvalue weighted by atomic mass is 9.84. The molecular weight excluding hydrogens is 618 g/mol. The van der Waals surface area contributed by atoms with Gasteiger partial charge in [-0.3, -0.25) is 10.2 Å². The Morgan fingerprint density at radius 3 is 2.30 bits per heavy atom. The first-order chi connectivity index (χ1) is 20.9. The molecule has 0 saturated heterocycles. The standard InChI is InChI=1S/C32H36BrN3O7/c1-5-15-32(31(38)36-34-20-26-27(40-3)18-25(39-2)19-28(26)41-4)29(21-7-11-23(33)12-8-21)43-30(35-32)22-9-13-24(14-10-22)42-17-6-16-37/h5,7-14,18-19,29,34,37H,1,6,15-17,20H2,2-4H3,(H,36,38)/t29-,32-/m0/s1. The van der Waals surface area contributed by atoms with E-state index in [0.29, 0.717) is 53.1 Å². The number of hydrazine groups is 1. The van der Waals surface area contributed by atoms with Crippen LogP contribution in [0.25, 0.3) is 0 Å². The van der Waals surface area contributed by atoms with E-state index < -0.39 is 17.6 Å². The topological polar surface area (TPSA) is 120 Å². The zero-order valence-corrected chi connectivity index (χ0v) is 26.0. The number of methoxy groups -OCH3 is 3. The Hall–Kier alpha value is -4.06. The van der Waals surface area contributed by atoms with E-state index in [1.54, 1.807) is 51.7 Å². The number of rotatable bonds is 15. The molecule has 0 aromatic heterocycles. The van der Waals surface area contributed by atoms with E-state index in [4.69, 9.17) is 33.8 Å². The number of nitrogens with one attached hydrogen (secondary N) is 2. The second-order valence-corrected chi connectivity index (χ2v) is 10.6. The van der Waals surface area contributed by atoms with Gasteiger partial charge in [0.15, 0.2) is 11.6 Å². The van der Waals surface area contributed by atoms with E-state index in [0.717, 1.165) is 10.0 Å². The number of aliphatic hydroxyl groups is 1. The maximum atomic E-state index is 14.0. The number of aliphatic imine (C=N–C) groups is 1. The number of aliphatic hydroxyl groups excluding tert-OH is 1. The molecule has 1 heterocycles. The van der Waals surface area contributed by atoms with E-state index in [1.165, 1.54) is 0 Å². The van der Waals surface area contributed by atoms with Gasteiger partial charge in [-0.2, -0.15) is 0 Å². The Labute approximate surface area is 259 Å². The molecule has 3 aromatic rings. The number of amides is 1. The summed E-state index contributed by atoms with van der Waals surface area (Å²) in [5, 5.41) is 9.01. The molecule has 0 fully saturated rings. The third kappa shape index (κ3) is 7.30. The molecule has 228 valence electrons. The predicted octanol–water partition coefficient (Wildman–Crippen LogP) is 4.89. The highest BCUT2D eigenvalue weighted by Crippen LogP contribution is 2.43. The first-order valence-electron chi connectivity index (χ1n) is 13.7. The molecule has 1 aliphatic heterocycles. The minimum Gasteiger partial charge on any atom is -0.496 e. The number of benzene rings is 3. The summed E-state index contributed by atoms with van der Waals surface area (Å²) in [5.41, 5.74) is 6.66. The van der Waals surface area contributed by atoms with Crippen molar-refractivity contribution in [1.82, 2.24) is 10.9 Å². The summed E-state index contributed by atoms with van der Waals surface area (Å²) in [5.74, 6) is 2.25. The summed E-state index contributed by atoms with van der Waals surface area (Å²) in [4.78, 5) is 18.9. The highest BCUT2D eigenvalue weighted by molar-refractivity contribution is 9.10. The van der Waals surface area contributed by atoms with Crippen LogP contribution in [0.4, 0.5) is 0 Å². The van der Waals surface area contributed by atoms with Gasteiger partial charge >= 0.3 is 0 Å². The van der Waals surface area contributed by atoms with E-state index in [-0.39, 0.29) is 19.6 Å². The molecule has 0 unspecified atom stereocenters. The van der Waals surface area contributed by atoms with Crippen LogP contribution in [0.15, 0.2) is 82.8 Å². The largest absolute Gasteiger partial charge is 0.496 e. The minimum absolute atomic E-state index is 0.0592. The van der Waals surface area contributed by atoms with Crippen molar-refractivity contribution in [1.29, 1.82) is 0 Å². The molecule has 10 nitrogen and oxygen atoms in total. The van der Waals surface area contributed by atoms with Gasteiger partial charge in [0.1, 0.15) is 23.0 Å². The van der Waals surface area contributed by atoms with Crippen LogP contribution >= 0.6 is 15.9 Å². The van der Waals surface area contributed by atoms with Crippen LogP contribution < -0.4 is 29.8 Å². The Bertz CT molecular complexity index is 1400. The van der Waals surface area contributed by atoms with Crippen LogP contribution in [-0.2, 0) is 16.1 Å². The van der Waals surface area contributed by atoms with Crippen molar-refractivity contribution in [3.05, 3.63) is 94.5 Å². The summed E-state index contributed by atoms with van der Waals surface area (Å²) in [6.45, 7) is 4.58. The van der Waals surface area contributed by atoms with Gasteiger partial charge in [0.2, 0.25) is 5.90 Å². The molecule has 0 radical (unpaired) electrons. The fourth-order valence-electron chi connectivity index (χ4n) is 4.75. The number of hydrogen-bond acceptors (Lipinski definition) is 9. The SMILES string of the molecule is C=CC[C@]1(C(=O)NNCc2c(OC)cc(OC)cc2OC)N=C(c2ccc(OCCCO)cc2)O[C@H]1c1ccc(Br)cc1. The number of carbonyl (C=O) groups excluding carboxylic acids is 1. The Morgan fingerprint density at radius 2 is 1.72 bits per heavy atom. The molecule has 3 aromatic carbocycles.